The molecule has 6 heteroatoms. The van der Waals surface area contributed by atoms with Gasteiger partial charge in [-0.25, -0.2) is 0 Å². The lowest BCUT2D eigenvalue weighted by Gasteiger charge is -2.39. The molecule has 0 radical (unpaired) electrons. The number of carbonyl (C=O) groups is 1. The number of nitrogens with zero attached hydrogens (tertiary/aromatic N) is 1. The minimum Gasteiger partial charge on any atom is -0.409 e. The van der Waals surface area contributed by atoms with E-state index in [1.807, 2.05) is 17.5 Å². The maximum absolute atomic E-state index is 12.3. The molecule has 0 aliphatic heterocycles. The standard InChI is InChI=1S/C15H23N3O2S/c1-2-11-5-7-15(8-6-11,14(16)18-20)17-13(19)10-12-4-3-9-21-12/h3-4,9,11,20H,2,5-8,10H2,1H3,(H2,16,18)(H,17,19). The van der Waals surface area contributed by atoms with Crippen LogP contribution in [0.5, 0.6) is 0 Å². The van der Waals surface area contributed by atoms with Crippen molar-refractivity contribution in [3.63, 3.8) is 0 Å². The number of nitrogens with one attached hydrogen (secondary N) is 1. The predicted molar refractivity (Wildman–Crippen MR) is 84.6 cm³/mol. The van der Waals surface area contributed by atoms with Gasteiger partial charge in [0, 0.05) is 4.88 Å². The second-order valence-electron chi connectivity index (χ2n) is 5.72. The Hall–Kier alpha value is -1.56. The quantitative estimate of drug-likeness (QED) is 0.338. The molecule has 2 rings (SSSR count). The van der Waals surface area contributed by atoms with Crippen molar-refractivity contribution in [3.05, 3.63) is 22.4 Å². The number of amidine groups is 1. The summed E-state index contributed by atoms with van der Waals surface area (Å²) in [6.07, 6.45) is 4.93. The second-order valence-corrected chi connectivity index (χ2v) is 6.76. The first-order chi connectivity index (χ1) is 10.1. The highest BCUT2D eigenvalue weighted by atomic mass is 32.1. The normalized spacial score (nSPS) is 26.5. The van der Waals surface area contributed by atoms with E-state index in [1.165, 1.54) is 0 Å². The van der Waals surface area contributed by atoms with Gasteiger partial charge in [0.25, 0.3) is 0 Å². The minimum atomic E-state index is -0.686. The van der Waals surface area contributed by atoms with Crippen LogP contribution in [0.4, 0.5) is 0 Å². The van der Waals surface area contributed by atoms with Crippen molar-refractivity contribution in [2.75, 3.05) is 0 Å². The summed E-state index contributed by atoms with van der Waals surface area (Å²) in [4.78, 5) is 13.3. The average Bonchev–Trinajstić information content (AvgIpc) is 2.99. The third-order valence-corrected chi connectivity index (χ3v) is 5.30. The first-order valence-corrected chi connectivity index (χ1v) is 8.29. The number of amides is 1. The van der Waals surface area contributed by atoms with Gasteiger partial charge in [-0.3, -0.25) is 4.79 Å². The Bertz CT molecular complexity index is 491. The van der Waals surface area contributed by atoms with Crippen LogP contribution < -0.4 is 11.1 Å². The Morgan fingerprint density at radius 3 is 2.81 bits per heavy atom. The Morgan fingerprint density at radius 2 is 2.29 bits per heavy atom. The molecule has 1 amide bonds. The van der Waals surface area contributed by atoms with Crippen LogP contribution >= 0.6 is 11.3 Å². The van der Waals surface area contributed by atoms with Gasteiger partial charge in [-0.05, 0) is 43.0 Å². The van der Waals surface area contributed by atoms with Crippen molar-refractivity contribution in [1.82, 2.24) is 5.32 Å². The van der Waals surface area contributed by atoms with Crippen molar-refractivity contribution >= 4 is 23.1 Å². The lowest BCUT2D eigenvalue weighted by atomic mass is 9.75. The van der Waals surface area contributed by atoms with Crippen molar-refractivity contribution in [1.29, 1.82) is 0 Å². The number of hydrogen-bond donors (Lipinski definition) is 3. The fourth-order valence-electron chi connectivity index (χ4n) is 3.00. The Morgan fingerprint density at radius 1 is 1.57 bits per heavy atom. The van der Waals surface area contributed by atoms with Gasteiger partial charge >= 0.3 is 0 Å². The molecule has 1 aromatic rings. The summed E-state index contributed by atoms with van der Waals surface area (Å²) in [5, 5.41) is 17.2. The summed E-state index contributed by atoms with van der Waals surface area (Å²) in [6.45, 7) is 2.18. The van der Waals surface area contributed by atoms with Gasteiger partial charge in [0.05, 0.1) is 6.42 Å². The monoisotopic (exact) mass is 309 g/mol. The lowest BCUT2D eigenvalue weighted by molar-refractivity contribution is -0.122. The molecule has 0 spiro atoms. The first kappa shape index (κ1) is 15.8. The van der Waals surface area contributed by atoms with Crippen LogP contribution in [-0.2, 0) is 11.2 Å². The summed E-state index contributed by atoms with van der Waals surface area (Å²) in [7, 11) is 0. The summed E-state index contributed by atoms with van der Waals surface area (Å²) >= 11 is 1.56. The van der Waals surface area contributed by atoms with E-state index < -0.39 is 5.54 Å². The molecule has 1 aliphatic carbocycles. The number of hydrogen-bond acceptors (Lipinski definition) is 4. The van der Waals surface area contributed by atoms with Gasteiger partial charge in [0.15, 0.2) is 5.84 Å². The summed E-state index contributed by atoms with van der Waals surface area (Å²) in [5.74, 6) is 0.717. The number of nitrogens with two attached hydrogens (primary N) is 1. The van der Waals surface area contributed by atoms with Crippen molar-refractivity contribution in [2.45, 2.75) is 51.0 Å². The molecular weight excluding hydrogens is 286 g/mol. The maximum Gasteiger partial charge on any atom is 0.226 e. The number of carbonyl (C=O) groups excluding carboxylic acids is 1. The van der Waals surface area contributed by atoms with E-state index >= 15 is 0 Å². The van der Waals surface area contributed by atoms with E-state index in [0.29, 0.717) is 12.3 Å². The largest absolute Gasteiger partial charge is 0.409 e. The zero-order valence-electron chi connectivity index (χ0n) is 12.3. The molecule has 1 aromatic heterocycles. The van der Waals surface area contributed by atoms with E-state index in [9.17, 15) is 4.79 Å². The molecule has 116 valence electrons. The Balaban J connectivity index is 2.05. The van der Waals surface area contributed by atoms with Gasteiger partial charge < -0.3 is 16.3 Å². The molecular formula is C15H23N3O2S. The van der Waals surface area contributed by atoms with Crippen LogP contribution in [0.3, 0.4) is 0 Å². The summed E-state index contributed by atoms with van der Waals surface area (Å²) in [6, 6.07) is 3.87. The topological polar surface area (TPSA) is 87.7 Å². The second kappa shape index (κ2) is 6.93. The average molecular weight is 309 g/mol. The van der Waals surface area contributed by atoms with Crippen LogP contribution in [0.1, 0.15) is 43.9 Å². The third-order valence-electron chi connectivity index (χ3n) is 4.43. The number of rotatable bonds is 5. The van der Waals surface area contributed by atoms with Gasteiger partial charge in [-0.15, -0.1) is 11.3 Å². The molecule has 0 bridgehead atoms. The van der Waals surface area contributed by atoms with Crippen molar-refractivity contribution in [3.8, 4) is 0 Å². The van der Waals surface area contributed by atoms with E-state index in [-0.39, 0.29) is 11.7 Å². The maximum atomic E-state index is 12.3. The summed E-state index contributed by atoms with van der Waals surface area (Å²) in [5.41, 5.74) is 5.19. The third kappa shape index (κ3) is 3.75. The zero-order chi connectivity index (χ0) is 15.3. The Kier molecular flexibility index (Phi) is 5.22. The van der Waals surface area contributed by atoms with Gasteiger partial charge in [-0.2, -0.15) is 0 Å². The van der Waals surface area contributed by atoms with Crippen molar-refractivity contribution in [2.24, 2.45) is 16.8 Å². The minimum absolute atomic E-state index is 0.0704. The zero-order valence-corrected chi connectivity index (χ0v) is 13.2. The van der Waals surface area contributed by atoms with Crippen LogP contribution in [0.2, 0.25) is 0 Å². The van der Waals surface area contributed by atoms with Crippen LogP contribution in [0.25, 0.3) is 0 Å². The highest BCUT2D eigenvalue weighted by molar-refractivity contribution is 7.10. The van der Waals surface area contributed by atoms with Gasteiger partial charge in [0.2, 0.25) is 5.91 Å². The van der Waals surface area contributed by atoms with Crippen molar-refractivity contribution < 1.29 is 10.0 Å². The number of thiophene rings is 1. The molecule has 1 fully saturated rings. The van der Waals surface area contributed by atoms with Gasteiger partial charge in [0.1, 0.15) is 5.54 Å². The van der Waals surface area contributed by atoms with Crippen LogP contribution in [-0.4, -0.2) is 22.5 Å². The highest BCUT2D eigenvalue weighted by Gasteiger charge is 2.40. The van der Waals surface area contributed by atoms with Crippen LogP contribution in [0, 0.1) is 5.92 Å². The smallest absolute Gasteiger partial charge is 0.226 e. The lowest BCUT2D eigenvalue weighted by Crippen LogP contribution is -2.59. The molecule has 1 saturated carbocycles. The van der Waals surface area contributed by atoms with E-state index in [2.05, 4.69) is 17.4 Å². The van der Waals surface area contributed by atoms with E-state index in [0.717, 1.165) is 37.0 Å². The first-order valence-electron chi connectivity index (χ1n) is 7.41. The molecule has 1 aliphatic rings. The Labute approximate surface area is 129 Å². The van der Waals surface area contributed by atoms with E-state index in [4.69, 9.17) is 10.9 Å². The molecule has 4 N–H and O–H groups in total. The SMILES string of the molecule is CCC1CCC(NC(=O)Cc2cccs2)(/C(N)=N/O)CC1. The molecule has 5 nitrogen and oxygen atoms in total. The number of oxime groups is 1. The fourth-order valence-corrected chi connectivity index (χ4v) is 3.71. The molecule has 0 aromatic carbocycles. The molecule has 0 atom stereocenters. The molecule has 21 heavy (non-hydrogen) atoms. The summed E-state index contributed by atoms with van der Waals surface area (Å²) < 4.78 is 0. The predicted octanol–water partition coefficient (Wildman–Crippen LogP) is 2.49. The van der Waals surface area contributed by atoms with E-state index in [1.54, 1.807) is 11.3 Å². The van der Waals surface area contributed by atoms with Gasteiger partial charge in [-0.1, -0.05) is 24.6 Å². The van der Waals surface area contributed by atoms with Crippen LogP contribution in [0.15, 0.2) is 22.7 Å². The molecule has 0 unspecified atom stereocenters. The fraction of sp³-hybridized carbons (Fsp3) is 0.600. The molecule has 1 heterocycles. The molecule has 0 saturated heterocycles. The highest BCUT2D eigenvalue weighted by Crippen LogP contribution is 2.34.